The summed E-state index contributed by atoms with van der Waals surface area (Å²) in [5.41, 5.74) is 17.5. The van der Waals surface area contributed by atoms with E-state index in [0.29, 0.717) is 62.0 Å². The molecule has 5 N–H and O–H groups in total. The molecule has 0 spiro atoms. The molecule has 0 unspecified atom stereocenters. The zero-order valence-corrected chi connectivity index (χ0v) is 39.9. The summed E-state index contributed by atoms with van der Waals surface area (Å²) in [4.78, 5) is 59.2. The molecule has 2 aliphatic heterocycles. The number of rotatable bonds is 14. The summed E-state index contributed by atoms with van der Waals surface area (Å²) in [6, 6.07) is 0. The molecule has 0 aromatic carbocycles. The van der Waals surface area contributed by atoms with E-state index >= 15 is 0 Å². The molecule has 19 heteroatoms. The van der Waals surface area contributed by atoms with Gasteiger partial charge >= 0.3 is 0 Å². The van der Waals surface area contributed by atoms with E-state index in [1.807, 2.05) is 32.6 Å². The molecule has 0 saturated heterocycles. The van der Waals surface area contributed by atoms with Crippen molar-refractivity contribution in [3.05, 3.63) is 56.3 Å². The number of aliphatic hydroxyl groups is 1. The van der Waals surface area contributed by atoms with Crippen LogP contribution in [0.4, 0.5) is 34.9 Å². The van der Waals surface area contributed by atoms with E-state index in [4.69, 9.17) is 44.1 Å². The van der Waals surface area contributed by atoms with Crippen molar-refractivity contribution in [2.75, 3.05) is 71.5 Å². The zero-order valence-electron chi connectivity index (χ0n) is 38.4. The van der Waals surface area contributed by atoms with Gasteiger partial charge in [0.15, 0.2) is 21.9 Å². The fraction of sp³-hybridized carbons (Fsp3) is 0.545. The number of hydrogen-bond acceptors (Lipinski definition) is 15. The largest absolute Gasteiger partial charge is 0.496 e. The number of nitrogens with zero attached hydrogens (tertiary/aromatic N) is 10. The lowest BCUT2D eigenvalue weighted by Gasteiger charge is -2.37. The number of methoxy groups -OCH3 is 2. The normalized spacial score (nSPS) is 14.1. The molecular weight excluding hydrogens is 847 g/mol. The Kier molecular flexibility index (Phi) is 15.5. The summed E-state index contributed by atoms with van der Waals surface area (Å²) in [5.74, 6) is 2.54. The number of aromatic nitrogens is 6. The van der Waals surface area contributed by atoms with Gasteiger partial charge in [-0.25, -0.2) is 0 Å². The Hall–Kier alpha value is -5.26. The van der Waals surface area contributed by atoms with Crippen LogP contribution >= 0.6 is 23.2 Å². The topological polar surface area (TPSA) is 215 Å². The number of hydrogen-bond donors (Lipinski definition) is 3. The maximum Gasteiger partial charge on any atom is 0.246 e. The van der Waals surface area contributed by atoms with Crippen molar-refractivity contribution in [3.8, 4) is 11.5 Å². The SMILES string of the molecule is COc1c(C)cnc(CN2CC(=O)N(CCCC(C)(C)O)c3c(Cl)nc(N)nc32)c1C.COc1c(C)cnc(CN2CC(=O)N(CCCCC(C)(C)C)c3c(Cl)nc(N)nc32)c1C. The fourth-order valence-corrected chi connectivity index (χ4v) is 8.36. The number of fused-ring (bicyclic) bond motifs is 2. The number of ether oxygens (including phenoxy) is 2. The number of nitrogen functional groups attached to an aromatic ring is 2. The predicted octanol–water partition coefficient (Wildman–Crippen LogP) is 6.94. The molecule has 0 atom stereocenters. The van der Waals surface area contributed by atoms with E-state index in [0.717, 1.165) is 64.4 Å². The van der Waals surface area contributed by atoms with Gasteiger partial charge < -0.3 is 45.6 Å². The second-order valence-corrected chi connectivity index (χ2v) is 18.6. The van der Waals surface area contributed by atoms with E-state index < -0.39 is 5.60 Å². The van der Waals surface area contributed by atoms with E-state index in [-0.39, 0.29) is 52.5 Å². The first-order valence-corrected chi connectivity index (χ1v) is 21.8. The Morgan fingerprint density at radius 1 is 0.667 bits per heavy atom. The highest BCUT2D eigenvalue weighted by Gasteiger charge is 2.36. The van der Waals surface area contributed by atoms with Gasteiger partial charge in [0, 0.05) is 47.7 Å². The van der Waals surface area contributed by atoms with Crippen LogP contribution in [0.15, 0.2) is 12.4 Å². The number of carbonyl (C=O) groups is 2. The van der Waals surface area contributed by atoms with Crippen LogP contribution in [0.3, 0.4) is 0 Å². The number of unbranched alkanes of at least 4 members (excludes halogenated alkanes) is 1. The van der Waals surface area contributed by atoms with Crippen LogP contribution in [-0.4, -0.2) is 92.8 Å². The maximum absolute atomic E-state index is 13.1. The number of aryl methyl sites for hydroxylation is 2. The summed E-state index contributed by atoms with van der Waals surface area (Å²) in [6.07, 6.45) is 7.64. The highest BCUT2D eigenvalue weighted by atomic mass is 35.5. The fourth-order valence-electron chi connectivity index (χ4n) is 7.82. The number of carbonyl (C=O) groups excluding carboxylic acids is 2. The standard InChI is InChI=1S/C23H33ClN6O2.C21H29ClN6O3/c1-14-11-26-16(15(2)19(14)32-6)12-29-13-17(31)30(10-8-7-9-23(3,4)5)18-20(24)27-22(25)28-21(18)29;1-12-9-24-14(13(2)17(12)31-5)10-27-11-15(29)28(8-6-7-21(3,4)30)16-18(22)25-20(23)26-19(16)27/h11H,7-10,12-13H2,1-6H3,(H2,25,27,28);9,30H,6-8,10-11H2,1-5H3,(H2,23,25,26). The van der Waals surface area contributed by atoms with Gasteiger partial charge in [-0.15, -0.1) is 0 Å². The summed E-state index contributed by atoms with van der Waals surface area (Å²) < 4.78 is 11.0. The molecule has 0 radical (unpaired) electrons. The van der Waals surface area contributed by atoms with Gasteiger partial charge in [0.25, 0.3) is 0 Å². The highest BCUT2D eigenvalue weighted by molar-refractivity contribution is 6.34. The lowest BCUT2D eigenvalue weighted by molar-refractivity contribution is -0.118. The van der Waals surface area contributed by atoms with Crippen molar-refractivity contribution in [2.24, 2.45) is 5.41 Å². The molecule has 0 bridgehead atoms. The van der Waals surface area contributed by atoms with Gasteiger partial charge in [0.05, 0.1) is 57.4 Å². The molecule has 0 saturated carbocycles. The van der Waals surface area contributed by atoms with Gasteiger partial charge in [-0.2, -0.15) is 19.9 Å². The van der Waals surface area contributed by atoms with Crippen LogP contribution in [0.1, 0.15) is 100 Å². The third-order valence-corrected chi connectivity index (χ3v) is 11.5. The first-order chi connectivity index (χ1) is 29.5. The molecule has 2 amide bonds. The average molecular weight is 910 g/mol. The summed E-state index contributed by atoms with van der Waals surface area (Å²) in [5, 5.41) is 10.3. The van der Waals surface area contributed by atoms with E-state index in [1.54, 1.807) is 55.2 Å². The van der Waals surface area contributed by atoms with Gasteiger partial charge in [-0.05, 0) is 72.6 Å². The third kappa shape index (κ3) is 11.9. The first-order valence-electron chi connectivity index (χ1n) is 21.0. The van der Waals surface area contributed by atoms with Crippen molar-refractivity contribution in [2.45, 2.75) is 113 Å². The molecule has 2 aliphatic rings. The predicted molar refractivity (Wildman–Crippen MR) is 249 cm³/mol. The van der Waals surface area contributed by atoms with Crippen LogP contribution in [0, 0.1) is 33.1 Å². The van der Waals surface area contributed by atoms with Crippen molar-refractivity contribution < 1.29 is 24.2 Å². The third-order valence-electron chi connectivity index (χ3n) is 11.0. The van der Waals surface area contributed by atoms with Crippen LogP contribution in [0.25, 0.3) is 0 Å². The van der Waals surface area contributed by atoms with Gasteiger partial charge in [-0.3, -0.25) is 19.6 Å². The van der Waals surface area contributed by atoms with Crippen LogP contribution < -0.4 is 40.5 Å². The van der Waals surface area contributed by atoms with Crippen molar-refractivity contribution in [3.63, 3.8) is 0 Å². The second-order valence-electron chi connectivity index (χ2n) is 17.9. The minimum absolute atomic E-state index is 0.0331. The van der Waals surface area contributed by atoms with Gasteiger partial charge in [0.1, 0.15) is 22.9 Å². The van der Waals surface area contributed by atoms with Crippen molar-refractivity contribution in [1.29, 1.82) is 0 Å². The van der Waals surface area contributed by atoms with E-state index in [1.165, 1.54) is 0 Å². The Bertz CT molecular complexity index is 2320. The minimum Gasteiger partial charge on any atom is -0.496 e. The van der Waals surface area contributed by atoms with Crippen molar-refractivity contribution >= 4 is 69.9 Å². The Morgan fingerprint density at radius 2 is 1.08 bits per heavy atom. The number of pyridine rings is 2. The number of nitrogens with two attached hydrogens (primary N) is 2. The highest BCUT2D eigenvalue weighted by Crippen LogP contribution is 2.41. The Balaban J connectivity index is 0.000000238. The van der Waals surface area contributed by atoms with Crippen molar-refractivity contribution in [1.82, 2.24) is 29.9 Å². The van der Waals surface area contributed by atoms with Crippen LogP contribution in [-0.2, 0) is 22.7 Å². The molecule has 6 rings (SSSR count). The average Bonchev–Trinajstić information content (AvgIpc) is 3.17. The molecule has 6 heterocycles. The molecule has 342 valence electrons. The zero-order chi connectivity index (χ0) is 46.6. The second kappa shape index (κ2) is 20.1. The number of amides is 2. The molecule has 0 aliphatic carbocycles. The summed E-state index contributed by atoms with van der Waals surface area (Å²) in [7, 11) is 3.27. The Morgan fingerprint density at radius 3 is 1.46 bits per heavy atom. The van der Waals surface area contributed by atoms with Crippen LogP contribution in [0.5, 0.6) is 11.5 Å². The quantitative estimate of drug-likeness (QED) is 0.0863. The van der Waals surface area contributed by atoms with E-state index in [9.17, 15) is 14.7 Å². The molecule has 4 aromatic heterocycles. The molecule has 4 aromatic rings. The maximum atomic E-state index is 13.1. The summed E-state index contributed by atoms with van der Waals surface area (Å²) in [6.45, 7) is 19.9. The first kappa shape index (κ1) is 48.8. The van der Waals surface area contributed by atoms with Gasteiger partial charge in [-0.1, -0.05) is 50.4 Å². The smallest absolute Gasteiger partial charge is 0.246 e. The van der Waals surface area contributed by atoms with Gasteiger partial charge in [0.2, 0.25) is 23.7 Å². The molecule has 17 nitrogen and oxygen atoms in total. The molecule has 63 heavy (non-hydrogen) atoms. The van der Waals surface area contributed by atoms with Crippen LogP contribution in [0.2, 0.25) is 10.3 Å². The van der Waals surface area contributed by atoms with E-state index in [2.05, 4.69) is 50.7 Å². The summed E-state index contributed by atoms with van der Waals surface area (Å²) >= 11 is 12.9. The minimum atomic E-state index is -0.817. The lowest BCUT2D eigenvalue weighted by atomic mass is 9.90. The number of anilines is 6. The molecule has 0 fully saturated rings. The lowest BCUT2D eigenvalue weighted by Crippen LogP contribution is -2.47. The monoisotopic (exact) mass is 908 g/mol. The Labute approximate surface area is 380 Å². The number of halogens is 2. The molecular formula is C44H62Cl2N12O5.